The maximum absolute atomic E-state index is 12.7. The fourth-order valence-corrected chi connectivity index (χ4v) is 2.56. The predicted octanol–water partition coefficient (Wildman–Crippen LogP) is 1.56. The van der Waals surface area contributed by atoms with Gasteiger partial charge in [0.1, 0.15) is 0 Å². The van der Waals surface area contributed by atoms with Crippen LogP contribution < -0.4 is 25.6 Å². The van der Waals surface area contributed by atoms with Crippen molar-refractivity contribution in [2.75, 3.05) is 14.2 Å². The third-order valence-electron chi connectivity index (χ3n) is 3.88. The number of hydrogen-bond acceptors (Lipinski definition) is 5. The molecule has 0 amide bonds. The molecule has 0 saturated carbocycles. The summed E-state index contributed by atoms with van der Waals surface area (Å²) in [6.07, 6.45) is 0.840. The number of nitrogens with one attached hydrogen (secondary N) is 1. The Hall–Kier alpha value is -3.74. The summed E-state index contributed by atoms with van der Waals surface area (Å²) in [5.74, 6) is 0.547. The average molecular weight is 366 g/mol. The Morgan fingerprint density at radius 2 is 1.85 bits per heavy atom. The van der Waals surface area contributed by atoms with E-state index in [0.29, 0.717) is 27.6 Å². The molecule has 7 heteroatoms. The first-order valence-electron chi connectivity index (χ1n) is 8.04. The second-order valence-electron chi connectivity index (χ2n) is 5.59. The molecule has 0 unspecified atom stereocenters. The number of rotatable bonds is 4. The van der Waals surface area contributed by atoms with Crippen LogP contribution in [0.5, 0.6) is 11.5 Å². The number of aromatic amines is 1. The molecule has 2 aromatic carbocycles. The third-order valence-corrected chi connectivity index (χ3v) is 3.88. The van der Waals surface area contributed by atoms with Crippen molar-refractivity contribution in [1.29, 1.82) is 0 Å². The van der Waals surface area contributed by atoms with Crippen molar-refractivity contribution in [2.24, 2.45) is 0 Å². The molecular formula is C20H18N2O5. The number of hydrogen-bond donors (Lipinski definition) is 1. The molecule has 3 rings (SSSR count). The molecule has 0 atom stereocenters. The van der Waals surface area contributed by atoms with Gasteiger partial charge in [0.2, 0.25) is 0 Å². The minimum atomic E-state index is -0.846. The van der Waals surface area contributed by atoms with E-state index in [4.69, 9.17) is 9.47 Å². The van der Waals surface area contributed by atoms with Crippen molar-refractivity contribution in [1.82, 2.24) is 9.78 Å². The molecule has 0 aliphatic rings. The standard InChI is InChI=1S/C20H18N2O5/c1-13-16(19(23)22(21-13)15-7-5-4-6-8-15)11-14-9-10-17(18(12-14)25-2)27-20(24)26-3/h4-12,21H,1H2,2-3H3/b16-11-. The molecular weight excluding hydrogens is 348 g/mol. The van der Waals surface area contributed by atoms with Crippen molar-refractivity contribution in [2.45, 2.75) is 0 Å². The number of aromatic nitrogens is 2. The molecule has 1 heterocycles. The Morgan fingerprint density at radius 3 is 2.52 bits per heavy atom. The molecule has 0 fully saturated rings. The van der Waals surface area contributed by atoms with Crippen LogP contribution >= 0.6 is 0 Å². The lowest BCUT2D eigenvalue weighted by atomic mass is 10.1. The van der Waals surface area contributed by atoms with Gasteiger partial charge in [-0.1, -0.05) is 30.8 Å². The predicted molar refractivity (Wildman–Crippen MR) is 101 cm³/mol. The van der Waals surface area contributed by atoms with Crippen LogP contribution in [0.1, 0.15) is 5.56 Å². The van der Waals surface area contributed by atoms with Gasteiger partial charge >= 0.3 is 6.16 Å². The van der Waals surface area contributed by atoms with Crippen LogP contribution in [0.15, 0.2) is 53.3 Å². The van der Waals surface area contributed by atoms with Gasteiger partial charge in [0.25, 0.3) is 5.56 Å². The van der Waals surface area contributed by atoms with Gasteiger partial charge in [-0.3, -0.25) is 9.89 Å². The van der Waals surface area contributed by atoms with E-state index in [1.807, 2.05) is 30.3 Å². The van der Waals surface area contributed by atoms with Crippen molar-refractivity contribution in [3.8, 4) is 17.2 Å². The maximum atomic E-state index is 12.7. The van der Waals surface area contributed by atoms with Gasteiger partial charge in [0, 0.05) is 0 Å². The summed E-state index contributed by atoms with van der Waals surface area (Å²) >= 11 is 0. The van der Waals surface area contributed by atoms with Crippen molar-refractivity contribution in [3.05, 3.63) is 75.0 Å². The van der Waals surface area contributed by atoms with Crippen molar-refractivity contribution < 1.29 is 19.0 Å². The number of para-hydroxylation sites is 1. The first-order chi connectivity index (χ1) is 13.0. The first kappa shape index (κ1) is 18.1. The first-order valence-corrected chi connectivity index (χ1v) is 8.04. The second kappa shape index (κ2) is 7.65. The van der Waals surface area contributed by atoms with E-state index in [9.17, 15) is 9.59 Å². The fourth-order valence-electron chi connectivity index (χ4n) is 2.56. The van der Waals surface area contributed by atoms with Gasteiger partial charge < -0.3 is 14.2 Å². The van der Waals surface area contributed by atoms with Gasteiger partial charge in [-0.05, 0) is 35.9 Å². The van der Waals surface area contributed by atoms with E-state index in [0.717, 1.165) is 0 Å². The summed E-state index contributed by atoms with van der Waals surface area (Å²) in [4.78, 5) is 24.0. The quantitative estimate of drug-likeness (QED) is 0.560. The number of methoxy groups -OCH3 is 2. The fraction of sp³-hybridized carbons (Fsp3) is 0.100. The monoisotopic (exact) mass is 366 g/mol. The maximum Gasteiger partial charge on any atom is 0.513 e. The number of ether oxygens (including phenoxy) is 3. The molecule has 27 heavy (non-hydrogen) atoms. The van der Waals surface area contributed by atoms with Gasteiger partial charge in [-0.2, -0.15) is 0 Å². The molecule has 138 valence electrons. The highest BCUT2D eigenvalue weighted by atomic mass is 16.7. The molecule has 7 nitrogen and oxygen atoms in total. The number of H-pyrrole nitrogens is 1. The highest BCUT2D eigenvalue weighted by Crippen LogP contribution is 2.28. The minimum absolute atomic E-state index is 0.215. The normalized spacial score (nSPS) is 11.3. The van der Waals surface area contributed by atoms with Gasteiger partial charge in [-0.25, -0.2) is 9.48 Å². The molecule has 0 radical (unpaired) electrons. The summed E-state index contributed by atoms with van der Waals surface area (Å²) < 4.78 is 16.2. The number of benzene rings is 2. The number of carbonyl (C=O) groups excluding carboxylic acids is 1. The van der Waals surface area contributed by atoms with Crippen molar-refractivity contribution in [3.63, 3.8) is 0 Å². The molecule has 0 bridgehead atoms. The Bertz CT molecular complexity index is 1130. The zero-order valence-electron chi connectivity index (χ0n) is 14.9. The Kier molecular flexibility index (Phi) is 5.12. The second-order valence-corrected chi connectivity index (χ2v) is 5.59. The van der Waals surface area contributed by atoms with E-state index in [1.54, 1.807) is 24.3 Å². The van der Waals surface area contributed by atoms with E-state index in [-0.39, 0.29) is 11.3 Å². The molecule has 0 saturated heterocycles. The molecule has 3 aromatic rings. The summed E-state index contributed by atoms with van der Waals surface area (Å²) in [5, 5.41) is 3.87. The summed E-state index contributed by atoms with van der Waals surface area (Å²) in [6.45, 7) is 3.91. The number of carbonyl (C=O) groups is 1. The molecule has 0 spiro atoms. The van der Waals surface area contributed by atoms with Crippen LogP contribution in [0, 0.1) is 0 Å². The average Bonchev–Trinajstić information content (AvgIpc) is 2.97. The summed E-state index contributed by atoms with van der Waals surface area (Å²) in [7, 11) is 2.67. The van der Waals surface area contributed by atoms with Crippen LogP contribution in [-0.4, -0.2) is 30.2 Å². The Balaban J connectivity index is 2.05. The SMILES string of the molecule is C=c1[nH]n(-c2ccccc2)c(=O)/c1=C\c1ccc(OC(=O)OC)c(OC)c1. The topological polar surface area (TPSA) is 82.6 Å². The van der Waals surface area contributed by atoms with E-state index in [1.165, 1.54) is 18.9 Å². The van der Waals surface area contributed by atoms with Crippen molar-refractivity contribution >= 4 is 18.8 Å². The molecule has 0 aliphatic carbocycles. The Labute approximate surface area is 154 Å². The van der Waals surface area contributed by atoms with Crippen LogP contribution in [0.4, 0.5) is 4.79 Å². The highest BCUT2D eigenvalue weighted by molar-refractivity contribution is 5.66. The highest BCUT2D eigenvalue weighted by Gasteiger charge is 2.11. The summed E-state index contributed by atoms with van der Waals surface area (Å²) in [5.41, 5.74) is 1.18. The summed E-state index contributed by atoms with van der Waals surface area (Å²) in [6, 6.07) is 14.1. The third kappa shape index (κ3) is 3.77. The molecule has 1 N–H and O–H groups in total. The largest absolute Gasteiger partial charge is 0.513 e. The van der Waals surface area contributed by atoms with Gasteiger partial charge in [-0.15, -0.1) is 0 Å². The van der Waals surface area contributed by atoms with Gasteiger partial charge in [0.05, 0.1) is 30.5 Å². The van der Waals surface area contributed by atoms with Gasteiger partial charge in [0.15, 0.2) is 11.5 Å². The van der Waals surface area contributed by atoms with Crippen LogP contribution in [0.2, 0.25) is 0 Å². The van der Waals surface area contributed by atoms with Crippen LogP contribution in [0.25, 0.3) is 18.3 Å². The van der Waals surface area contributed by atoms with Crippen LogP contribution in [-0.2, 0) is 4.74 Å². The smallest absolute Gasteiger partial charge is 0.493 e. The van der Waals surface area contributed by atoms with E-state index >= 15 is 0 Å². The molecule has 0 aliphatic heterocycles. The molecule has 1 aromatic heterocycles. The van der Waals surface area contributed by atoms with E-state index in [2.05, 4.69) is 16.4 Å². The lowest BCUT2D eigenvalue weighted by molar-refractivity contribution is 0.120. The minimum Gasteiger partial charge on any atom is -0.493 e. The zero-order valence-corrected chi connectivity index (χ0v) is 14.9. The number of nitrogens with zero attached hydrogens (tertiary/aromatic N) is 1. The van der Waals surface area contributed by atoms with Crippen LogP contribution in [0.3, 0.4) is 0 Å². The lowest BCUT2D eigenvalue weighted by Crippen LogP contribution is -2.33. The van der Waals surface area contributed by atoms with E-state index < -0.39 is 6.16 Å². The lowest BCUT2D eigenvalue weighted by Gasteiger charge is -2.08. The Morgan fingerprint density at radius 1 is 1.11 bits per heavy atom. The zero-order chi connectivity index (χ0) is 19.4.